The summed E-state index contributed by atoms with van der Waals surface area (Å²) >= 11 is 0. The zero-order valence-corrected chi connectivity index (χ0v) is 45.2. The maximum absolute atomic E-state index is 12.8. The molecule has 1 aromatic heterocycles. The lowest BCUT2D eigenvalue weighted by molar-refractivity contribution is 0.478. The number of fused-ring (bicyclic) bond motifs is 3. The van der Waals surface area contributed by atoms with Crippen LogP contribution in [0.1, 0.15) is 75.6 Å². The Morgan fingerprint density at radius 1 is 0.372 bits per heavy atom. The zero-order valence-electron chi connectivity index (χ0n) is 45.2. The van der Waals surface area contributed by atoms with E-state index < -0.39 is 0 Å². The molecule has 4 heteroatoms. The first-order valence-corrected chi connectivity index (χ1v) is 27.7. The van der Waals surface area contributed by atoms with Crippen LogP contribution in [0.2, 0.25) is 0 Å². The Balaban J connectivity index is 1.02. The van der Waals surface area contributed by atoms with E-state index in [0.29, 0.717) is 17.5 Å². The minimum atomic E-state index is 0.222. The average Bonchev–Trinajstić information content (AvgIpc) is 4.04. The lowest BCUT2D eigenvalue weighted by atomic mass is 9.91. The van der Waals surface area contributed by atoms with Gasteiger partial charge in [0.2, 0.25) is 0 Å². The van der Waals surface area contributed by atoms with Gasteiger partial charge >= 0.3 is 0 Å². The molecule has 0 saturated carbocycles. The topological polar surface area (TPSA) is 39.9 Å². The predicted octanol–water partition coefficient (Wildman–Crippen LogP) is 21.5. The lowest BCUT2D eigenvalue weighted by Crippen LogP contribution is -2.12. The van der Waals surface area contributed by atoms with E-state index in [1.807, 2.05) is 12.1 Å². The first kappa shape index (κ1) is 48.5. The van der Waals surface area contributed by atoms with Gasteiger partial charge in [0, 0.05) is 44.0 Å². The van der Waals surface area contributed by atoms with Crippen molar-refractivity contribution in [3.8, 4) is 39.1 Å². The van der Waals surface area contributed by atoms with Crippen LogP contribution in [0.3, 0.4) is 0 Å². The fourth-order valence-corrected chi connectivity index (χ4v) is 12.2. The van der Waals surface area contributed by atoms with E-state index in [9.17, 15) is 5.11 Å². The van der Waals surface area contributed by atoms with Crippen LogP contribution in [-0.2, 0) is 12.8 Å². The summed E-state index contributed by atoms with van der Waals surface area (Å²) < 4.78 is 7.24. The molecule has 4 nitrogen and oxygen atoms in total. The van der Waals surface area contributed by atoms with Crippen molar-refractivity contribution < 1.29 is 9.52 Å². The number of furan rings is 1. The number of phenols is 1. The summed E-state index contributed by atoms with van der Waals surface area (Å²) in [4.78, 5) is 4.66. The molecular weight excluding hydrogens is 949 g/mol. The molecule has 12 aromatic carbocycles. The van der Waals surface area contributed by atoms with Crippen molar-refractivity contribution in [1.29, 1.82) is 0 Å². The third kappa shape index (κ3) is 8.14. The molecule has 0 spiro atoms. The van der Waals surface area contributed by atoms with Crippen molar-refractivity contribution in [2.75, 3.05) is 9.80 Å². The number of benzene rings is 12. The lowest BCUT2D eigenvalue weighted by Gasteiger charge is -2.30. The Hall–Kier alpha value is -9.12. The number of aryl methyl sites for hydroxylation is 2. The molecule has 0 atom stereocenters. The largest absolute Gasteiger partial charge is 0.505 e. The fourth-order valence-electron chi connectivity index (χ4n) is 12.2. The Morgan fingerprint density at radius 3 is 1.41 bits per heavy atom. The Morgan fingerprint density at radius 2 is 0.821 bits per heavy atom. The molecule has 0 unspecified atom stereocenters. The van der Waals surface area contributed by atoms with Gasteiger partial charge in [-0.05, 0) is 145 Å². The van der Waals surface area contributed by atoms with Crippen LogP contribution in [0.4, 0.5) is 34.1 Å². The third-order valence-corrected chi connectivity index (χ3v) is 16.3. The van der Waals surface area contributed by atoms with E-state index in [1.165, 1.54) is 44.2 Å². The van der Waals surface area contributed by atoms with Crippen LogP contribution in [0.5, 0.6) is 5.75 Å². The highest BCUT2D eigenvalue weighted by molar-refractivity contribution is 6.28. The molecule has 1 heterocycles. The molecule has 0 radical (unpaired) electrons. The van der Waals surface area contributed by atoms with Crippen molar-refractivity contribution in [1.82, 2.24) is 0 Å². The number of hydrogen-bond donors (Lipinski definition) is 1. The van der Waals surface area contributed by atoms with Gasteiger partial charge in [0.05, 0.1) is 22.7 Å². The molecule has 78 heavy (non-hydrogen) atoms. The summed E-state index contributed by atoms with van der Waals surface area (Å²) in [6.45, 7) is 13.4. The van der Waals surface area contributed by atoms with Gasteiger partial charge in [0.1, 0.15) is 11.3 Å². The number of hydrogen-bond acceptors (Lipinski definition) is 4. The van der Waals surface area contributed by atoms with Gasteiger partial charge in [-0.25, -0.2) is 0 Å². The van der Waals surface area contributed by atoms with Crippen LogP contribution in [0, 0.1) is 0 Å². The van der Waals surface area contributed by atoms with Crippen molar-refractivity contribution in [2.24, 2.45) is 0 Å². The monoisotopic (exact) mass is 1010 g/mol. The molecule has 0 aliphatic heterocycles. The highest BCUT2D eigenvalue weighted by Gasteiger charge is 2.27. The number of anilines is 6. The summed E-state index contributed by atoms with van der Waals surface area (Å²) in [6.07, 6.45) is 1.86. The molecule has 13 aromatic rings. The minimum Gasteiger partial charge on any atom is -0.505 e. The normalized spacial score (nSPS) is 11.8. The number of phenolic OH excluding ortho intramolecular Hbond substituents is 1. The van der Waals surface area contributed by atoms with Crippen LogP contribution < -0.4 is 9.80 Å². The summed E-state index contributed by atoms with van der Waals surface area (Å²) in [5.41, 5.74) is 19.0. The zero-order chi connectivity index (χ0) is 53.2. The average molecular weight is 1010 g/mol. The second-order valence-electron chi connectivity index (χ2n) is 21.5. The van der Waals surface area contributed by atoms with Gasteiger partial charge in [-0.15, -0.1) is 0 Å². The first-order valence-electron chi connectivity index (χ1n) is 27.7. The Labute approximate surface area is 457 Å². The molecule has 13 rings (SSSR count). The van der Waals surface area contributed by atoms with Gasteiger partial charge < -0.3 is 19.3 Å². The molecule has 0 fully saturated rings. The molecule has 0 amide bonds. The second kappa shape index (κ2) is 19.8. The summed E-state index contributed by atoms with van der Waals surface area (Å²) in [7, 11) is 0. The van der Waals surface area contributed by atoms with E-state index in [1.54, 1.807) is 0 Å². The summed E-state index contributed by atoms with van der Waals surface area (Å²) in [6, 6.07) is 81.2. The fraction of sp³-hybridized carbons (Fsp3) is 0.135. The van der Waals surface area contributed by atoms with E-state index in [4.69, 9.17) is 4.42 Å². The van der Waals surface area contributed by atoms with E-state index in [2.05, 4.69) is 264 Å². The Bertz CT molecular complexity index is 4370. The van der Waals surface area contributed by atoms with Crippen LogP contribution in [-0.4, -0.2) is 5.11 Å². The Kier molecular flexibility index (Phi) is 12.3. The SMILES string of the molecule is CCc1ccccc1-c1cccc(-c2cccc(N(c3ccc(C(C)C)cc3)c3ccc4ccc5c(N(c6ccc(C(C)C)cc6)c6cccc7c6oc6c(-c8ccccc8CC)cccc67)ccc6ccc3c4c65)c2O)c1. The molecule has 0 saturated heterocycles. The quantitative estimate of drug-likeness (QED) is 0.117. The molecular formula is C74H62N2O2. The molecule has 0 aliphatic carbocycles. The van der Waals surface area contributed by atoms with Crippen molar-refractivity contribution in [3.63, 3.8) is 0 Å². The van der Waals surface area contributed by atoms with Gasteiger partial charge in [-0.2, -0.15) is 0 Å². The smallest absolute Gasteiger partial charge is 0.159 e. The van der Waals surface area contributed by atoms with Crippen molar-refractivity contribution >= 4 is 88.4 Å². The van der Waals surface area contributed by atoms with Crippen LogP contribution >= 0.6 is 0 Å². The van der Waals surface area contributed by atoms with Gasteiger partial charge in [0.15, 0.2) is 5.58 Å². The molecule has 0 aliphatic rings. The number of nitrogens with zero attached hydrogens (tertiary/aromatic N) is 2. The molecule has 0 bridgehead atoms. The highest BCUT2D eigenvalue weighted by atomic mass is 16.3. The number of rotatable bonds is 13. The summed E-state index contributed by atoms with van der Waals surface area (Å²) in [5.74, 6) is 0.974. The van der Waals surface area contributed by atoms with Crippen LogP contribution in [0.15, 0.2) is 229 Å². The maximum Gasteiger partial charge on any atom is 0.159 e. The third-order valence-electron chi connectivity index (χ3n) is 16.3. The van der Waals surface area contributed by atoms with Crippen molar-refractivity contribution in [3.05, 3.63) is 247 Å². The van der Waals surface area contributed by atoms with E-state index in [-0.39, 0.29) is 5.75 Å². The summed E-state index contributed by atoms with van der Waals surface area (Å²) in [5, 5.41) is 21.8. The van der Waals surface area contributed by atoms with E-state index >= 15 is 0 Å². The van der Waals surface area contributed by atoms with Crippen molar-refractivity contribution in [2.45, 2.75) is 66.2 Å². The minimum absolute atomic E-state index is 0.222. The van der Waals surface area contributed by atoms with Gasteiger partial charge in [0.25, 0.3) is 0 Å². The predicted molar refractivity (Wildman–Crippen MR) is 332 cm³/mol. The molecule has 1 N–H and O–H groups in total. The molecule has 380 valence electrons. The number of para-hydroxylation sites is 3. The van der Waals surface area contributed by atoms with Gasteiger partial charge in [-0.3, -0.25) is 0 Å². The first-order chi connectivity index (χ1) is 38.2. The standard InChI is InChI=1S/C74H62N2O2/c1-7-48-17-9-11-21-58(48)54-19-13-20-55(45-54)60-23-15-27-68(72(60)77)75(56-37-29-50(30-38-56)46(3)4)66-43-35-52-34-42-65-67(44-36-53-33-41-64(66)70(52)71(53)65)76(57-39-31-51(32-40-57)47(5)6)69-28-16-26-63-62-25-14-24-61(73(62)78-74(63)69)59-22-12-10-18-49(59)8-2/h9-47,77H,7-8H2,1-6H3. The highest BCUT2D eigenvalue weighted by Crippen LogP contribution is 2.52. The van der Waals surface area contributed by atoms with E-state index in [0.717, 1.165) is 107 Å². The van der Waals surface area contributed by atoms with Crippen LogP contribution in [0.25, 0.3) is 87.6 Å². The number of aromatic hydroxyl groups is 1. The second-order valence-corrected chi connectivity index (χ2v) is 21.5. The van der Waals surface area contributed by atoms with Gasteiger partial charge in [-0.1, -0.05) is 211 Å². The maximum atomic E-state index is 12.8.